The van der Waals surface area contributed by atoms with Gasteiger partial charge in [0.05, 0.1) is 0 Å². The van der Waals surface area contributed by atoms with Gasteiger partial charge >= 0.3 is 161 Å². The summed E-state index contributed by atoms with van der Waals surface area (Å²) in [6, 6.07) is 0. The van der Waals surface area contributed by atoms with Gasteiger partial charge in [-0.3, -0.25) is 0 Å². The van der Waals surface area contributed by atoms with Gasteiger partial charge in [0.25, 0.3) is 0 Å². The molecule has 1 aliphatic rings. The number of ether oxygens (including phenoxy) is 1. The molecular weight excluding hydrogens is 430 g/mol. The predicted octanol–water partition coefficient (Wildman–Crippen LogP) is 0.724. The van der Waals surface area contributed by atoms with Crippen molar-refractivity contribution in [1.82, 2.24) is 0 Å². The van der Waals surface area contributed by atoms with Gasteiger partial charge in [-0.1, -0.05) is 0 Å². The number of hydrogen-bond acceptors (Lipinski definition) is 8. The molecule has 0 spiro atoms. The first-order valence-electron chi connectivity index (χ1n) is 8.55. The van der Waals surface area contributed by atoms with Gasteiger partial charge in [0.15, 0.2) is 0 Å². The van der Waals surface area contributed by atoms with Gasteiger partial charge in [-0.2, -0.15) is 0 Å². The molecule has 1 saturated heterocycles. The minimum absolute atomic E-state index is 0.188. The fraction of sp³-hybridized carbons (Fsp3) is 1.00. The van der Waals surface area contributed by atoms with Crippen LogP contribution in [0.2, 0.25) is 0 Å². The number of aliphatic hydroxyl groups excluding tert-OH is 4. The molecule has 1 heterocycles. The molecule has 0 amide bonds. The van der Waals surface area contributed by atoms with Crippen LogP contribution in [0.1, 0.15) is 41.5 Å². The van der Waals surface area contributed by atoms with E-state index in [0.29, 0.717) is 0 Å². The first kappa shape index (κ1) is 24.5. The van der Waals surface area contributed by atoms with Crippen molar-refractivity contribution in [2.75, 3.05) is 19.8 Å². The minimum atomic E-state index is -3.60. The van der Waals surface area contributed by atoms with Crippen LogP contribution in [-0.4, -0.2) is 84.2 Å². The third-order valence-corrected chi connectivity index (χ3v) is 9.83. The monoisotopic (exact) mass is 464 g/mol. The topological polar surface area (TPSA) is 126 Å². The van der Waals surface area contributed by atoms with Crippen molar-refractivity contribution in [2.24, 2.45) is 10.8 Å². The van der Waals surface area contributed by atoms with Crippen LogP contribution in [0.15, 0.2) is 0 Å². The van der Waals surface area contributed by atoms with Crippen molar-refractivity contribution in [2.45, 2.75) is 71.0 Å². The molecule has 1 fully saturated rings. The van der Waals surface area contributed by atoms with E-state index >= 15 is 0 Å². The summed E-state index contributed by atoms with van der Waals surface area (Å²) in [5, 5.41) is 38.3. The molecule has 0 saturated carbocycles. The Hall–Kier alpha value is 0.469. The van der Waals surface area contributed by atoms with Crippen LogP contribution in [0.3, 0.4) is 0 Å². The molecule has 26 heavy (non-hydrogen) atoms. The van der Waals surface area contributed by atoms with Crippen LogP contribution in [0.4, 0.5) is 0 Å². The zero-order valence-corrected chi connectivity index (χ0v) is 18.9. The Kier molecular flexibility index (Phi) is 8.78. The Morgan fingerprint density at radius 2 is 1.38 bits per heavy atom. The van der Waals surface area contributed by atoms with Crippen molar-refractivity contribution in [3.63, 3.8) is 0 Å². The second-order valence-corrected chi connectivity index (χ2v) is 15.7. The fourth-order valence-electron chi connectivity index (χ4n) is 1.93. The molecule has 10 heteroatoms. The Morgan fingerprint density at radius 3 is 1.77 bits per heavy atom. The van der Waals surface area contributed by atoms with Crippen molar-refractivity contribution in [1.29, 1.82) is 0 Å². The van der Waals surface area contributed by atoms with Crippen LogP contribution in [0, 0.1) is 10.8 Å². The summed E-state index contributed by atoms with van der Waals surface area (Å²) >= 11 is -0.989. The van der Waals surface area contributed by atoms with E-state index in [1.165, 1.54) is 0 Å². The SMILES string of the molecule is CC(C)(C)COP(=O)(OCC(C)(C)C)[Se][C@H]1O[C@H](CO)[C@@H](O)[C@H](O)[C@H]1O. The molecule has 0 unspecified atom stereocenters. The van der Waals surface area contributed by atoms with E-state index in [2.05, 4.69) is 0 Å². The van der Waals surface area contributed by atoms with Gasteiger partial charge in [0.1, 0.15) is 0 Å². The molecule has 1 rings (SSSR count). The molecule has 5 atom stereocenters. The van der Waals surface area contributed by atoms with E-state index in [9.17, 15) is 25.0 Å². The quantitative estimate of drug-likeness (QED) is 0.322. The molecule has 0 bridgehead atoms. The van der Waals surface area contributed by atoms with Gasteiger partial charge < -0.3 is 0 Å². The number of rotatable bonds is 7. The maximum atomic E-state index is 13.3. The van der Waals surface area contributed by atoms with E-state index in [4.69, 9.17) is 13.8 Å². The van der Waals surface area contributed by atoms with Crippen LogP contribution >= 0.6 is 6.29 Å². The Bertz CT molecular complexity index is 466. The van der Waals surface area contributed by atoms with E-state index in [1.54, 1.807) is 0 Å². The van der Waals surface area contributed by atoms with Gasteiger partial charge in [0.2, 0.25) is 0 Å². The van der Waals surface area contributed by atoms with E-state index in [0.717, 1.165) is 0 Å². The zero-order valence-electron chi connectivity index (χ0n) is 16.3. The van der Waals surface area contributed by atoms with Gasteiger partial charge in [-0.15, -0.1) is 0 Å². The average Bonchev–Trinajstić information content (AvgIpc) is 2.51. The molecule has 4 N–H and O–H groups in total. The normalized spacial score (nSPS) is 31.2. The molecular formula is C16H33O8PSe. The summed E-state index contributed by atoms with van der Waals surface area (Å²) in [6.45, 7) is 11.4. The molecule has 8 nitrogen and oxygen atoms in total. The zero-order chi connectivity index (χ0) is 20.3. The van der Waals surface area contributed by atoms with Gasteiger partial charge in [-0.05, 0) is 0 Å². The molecule has 0 aliphatic carbocycles. The number of aliphatic hydroxyl groups is 4. The summed E-state index contributed by atoms with van der Waals surface area (Å²) in [7, 11) is 0. The fourth-order valence-corrected chi connectivity index (χ4v) is 8.41. The maximum absolute atomic E-state index is 13.3. The van der Waals surface area contributed by atoms with Gasteiger partial charge in [-0.25, -0.2) is 0 Å². The summed E-state index contributed by atoms with van der Waals surface area (Å²) in [4.78, 5) is 0. The third kappa shape index (κ3) is 7.84. The Balaban J connectivity index is 2.93. The first-order chi connectivity index (χ1) is 11.7. The first-order valence-corrected chi connectivity index (χ1v) is 13.3. The molecule has 0 aromatic heterocycles. The van der Waals surface area contributed by atoms with E-state index < -0.39 is 56.8 Å². The number of hydrogen-bond donors (Lipinski definition) is 4. The summed E-state index contributed by atoms with van der Waals surface area (Å²) in [6.07, 6.45) is -9.05. The van der Waals surface area contributed by atoms with Crippen molar-refractivity contribution in [3.05, 3.63) is 0 Å². The molecule has 0 aromatic rings. The second kappa shape index (κ2) is 9.31. The van der Waals surface area contributed by atoms with Crippen molar-refractivity contribution >= 4 is 20.8 Å². The summed E-state index contributed by atoms with van der Waals surface area (Å²) in [5.41, 5.74) is -0.488. The van der Waals surface area contributed by atoms with E-state index in [1.807, 2.05) is 41.5 Å². The van der Waals surface area contributed by atoms with Crippen LogP contribution < -0.4 is 0 Å². The predicted molar refractivity (Wildman–Crippen MR) is 97.9 cm³/mol. The van der Waals surface area contributed by atoms with Crippen LogP contribution in [0.25, 0.3) is 0 Å². The summed E-state index contributed by atoms with van der Waals surface area (Å²) < 4.78 is 30.0. The summed E-state index contributed by atoms with van der Waals surface area (Å²) in [5.74, 6) is 0. The van der Waals surface area contributed by atoms with Crippen LogP contribution in [0.5, 0.6) is 0 Å². The Morgan fingerprint density at radius 1 is 0.923 bits per heavy atom. The third-order valence-electron chi connectivity index (χ3n) is 3.39. The Labute approximate surface area is 161 Å². The molecule has 0 aromatic carbocycles. The standard InChI is InChI=1S/C16H33O8PSe/c1-15(2,3)8-22-25(21,23-9-16(4,5)6)26-14-13(20)12(19)11(18)10(7-17)24-14/h10-14,17-20H,7-9H2,1-6H3/t10-,11-,12+,13-,14-/m1/s1. The second-order valence-electron chi connectivity index (χ2n) is 8.92. The average molecular weight is 463 g/mol. The van der Waals surface area contributed by atoms with Crippen molar-refractivity contribution < 1.29 is 38.8 Å². The van der Waals surface area contributed by atoms with E-state index in [-0.39, 0.29) is 24.0 Å². The van der Waals surface area contributed by atoms with Gasteiger partial charge in [0, 0.05) is 0 Å². The molecule has 1 aliphatic heterocycles. The van der Waals surface area contributed by atoms with Crippen LogP contribution in [-0.2, 0) is 18.3 Å². The van der Waals surface area contributed by atoms with Crippen molar-refractivity contribution in [3.8, 4) is 0 Å². The molecule has 0 radical (unpaired) electrons. The molecule has 156 valence electrons.